The minimum atomic E-state index is -4.89. The second kappa shape index (κ2) is 11.0. The summed E-state index contributed by atoms with van der Waals surface area (Å²) in [5, 5.41) is 10.1. The number of alkyl halides is 3. The monoisotopic (exact) mass is 628 g/mol. The summed E-state index contributed by atoms with van der Waals surface area (Å²) in [5.41, 5.74) is -4.14. The lowest BCUT2D eigenvalue weighted by Gasteiger charge is -2.45. The number of hydrogen-bond acceptors (Lipinski definition) is 7. The number of amides is 3. The number of imide groups is 1. The van der Waals surface area contributed by atoms with E-state index in [1.54, 1.807) is 39.8 Å². The molecular weight excluding hydrogens is 593 g/mol. The van der Waals surface area contributed by atoms with Crippen molar-refractivity contribution in [3.63, 3.8) is 0 Å². The van der Waals surface area contributed by atoms with E-state index in [2.05, 4.69) is 0 Å². The van der Waals surface area contributed by atoms with Crippen LogP contribution in [0.15, 0.2) is 47.4 Å². The molecule has 2 fully saturated rings. The van der Waals surface area contributed by atoms with Crippen LogP contribution >= 0.6 is 12.2 Å². The topological polar surface area (TPSA) is 101 Å². The third-order valence-corrected chi connectivity index (χ3v) is 10.6. The van der Waals surface area contributed by atoms with Gasteiger partial charge in [0.1, 0.15) is 5.54 Å². The summed E-state index contributed by atoms with van der Waals surface area (Å²) in [7, 11) is -3.99. The molecule has 1 aromatic carbocycles. The Hall–Kier alpha value is -2.81. The fraction of sp³-hybridized carbons (Fsp3) is 0.536. The molecule has 1 aromatic rings. The largest absolute Gasteiger partial charge is 0.421 e. The smallest absolute Gasteiger partial charge is 0.376 e. The molecule has 4 rings (SSSR count). The first-order valence-electron chi connectivity index (χ1n) is 13.5. The van der Waals surface area contributed by atoms with E-state index in [4.69, 9.17) is 12.2 Å². The molecule has 42 heavy (non-hydrogen) atoms. The molecule has 9 nitrogen and oxygen atoms in total. The predicted molar refractivity (Wildman–Crippen MR) is 156 cm³/mol. The fourth-order valence-electron chi connectivity index (χ4n) is 5.41. The number of carbonyl (C=O) groups is 2. The van der Waals surface area contributed by atoms with Crippen molar-refractivity contribution in [2.24, 2.45) is 0 Å². The van der Waals surface area contributed by atoms with Crippen LogP contribution in [-0.4, -0.2) is 94.4 Å². The van der Waals surface area contributed by atoms with Crippen molar-refractivity contribution in [1.29, 1.82) is 0 Å². The Bertz CT molecular complexity index is 1440. The second-order valence-corrected chi connectivity index (χ2v) is 14.0. The quantitative estimate of drug-likeness (QED) is 0.361. The SMILES string of the molecule is CC(C)N1C(=O)N(C[C@H]2CN(S(=O)(=O)C3=CC=CCC3=S)CCN2c2ccc([C@](C)(O)C(F)(F)F)cc2)C(C)(C)C1=O. The zero-order valence-electron chi connectivity index (χ0n) is 24.1. The molecule has 2 heterocycles. The second-order valence-electron chi connectivity index (χ2n) is 11.6. The maximum Gasteiger partial charge on any atom is 0.421 e. The van der Waals surface area contributed by atoms with Crippen molar-refractivity contribution in [3.8, 4) is 0 Å². The molecule has 0 spiro atoms. The van der Waals surface area contributed by atoms with E-state index in [0.717, 1.165) is 0 Å². The maximum atomic E-state index is 13.7. The first-order chi connectivity index (χ1) is 19.3. The maximum absolute atomic E-state index is 13.7. The standard InChI is InChI=1S/C28H35F3N4O5S2/c1-18(2)35-24(36)26(3,4)34(25(35)37)17-21-16-32(42(39,40)23-9-7-6-8-22(23)41)14-15-33(21)20-12-10-19(11-13-20)27(5,38)28(29,30)31/h6-7,9-13,18,21,38H,8,14-17H2,1-5H3/t21-,27+/m1/s1. The van der Waals surface area contributed by atoms with E-state index in [1.165, 1.54) is 44.4 Å². The van der Waals surface area contributed by atoms with Gasteiger partial charge in [0.15, 0.2) is 5.60 Å². The van der Waals surface area contributed by atoms with E-state index in [0.29, 0.717) is 19.0 Å². The Morgan fingerprint density at radius 2 is 1.74 bits per heavy atom. The minimum absolute atomic E-state index is 0.0295. The van der Waals surface area contributed by atoms with Gasteiger partial charge >= 0.3 is 12.2 Å². The molecule has 0 unspecified atom stereocenters. The Balaban J connectivity index is 1.71. The number of rotatable bonds is 7. The van der Waals surface area contributed by atoms with Gasteiger partial charge in [-0.25, -0.2) is 13.2 Å². The number of carbonyl (C=O) groups excluding carboxylic acids is 2. The van der Waals surface area contributed by atoms with Gasteiger partial charge in [-0.3, -0.25) is 9.69 Å². The molecule has 2 saturated heterocycles. The molecule has 1 N–H and O–H groups in total. The van der Waals surface area contributed by atoms with Gasteiger partial charge in [0.25, 0.3) is 5.91 Å². The number of sulfonamides is 1. The number of halogens is 3. The average molecular weight is 629 g/mol. The van der Waals surface area contributed by atoms with Gasteiger partial charge in [-0.15, -0.1) is 0 Å². The molecule has 2 aliphatic heterocycles. The number of aliphatic hydroxyl groups is 1. The summed E-state index contributed by atoms with van der Waals surface area (Å²) >= 11 is 5.32. The van der Waals surface area contributed by atoms with E-state index in [-0.39, 0.29) is 47.4 Å². The highest BCUT2D eigenvalue weighted by Gasteiger charge is 2.54. The molecular formula is C28H35F3N4O5S2. The highest BCUT2D eigenvalue weighted by Crippen LogP contribution is 2.39. The lowest BCUT2D eigenvalue weighted by Crippen LogP contribution is -2.60. The molecule has 1 aliphatic carbocycles. The normalized spacial score (nSPS) is 23.6. The van der Waals surface area contributed by atoms with Gasteiger partial charge in [0, 0.05) is 49.2 Å². The van der Waals surface area contributed by atoms with Crippen LogP contribution in [0, 0.1) is 0 Å². The lowest BCUT2D eigenvalue weighted by molar-refractivity contribution is -0.258. The number of benzene rings is 1. The Morgan fingerprint density at radius 3 is 2.26 bits per heavy atom. The van der Waals surface area contributed by atoms with Gasteiger partial charge < -0.3 is 14.9 Å². The molecule has 230 valence electrons. The van der Waals surface area contributed by atoms with Crippen LogP contribution in [0.4, 0.5) is 23.7 Å². The van der Waals surface area contributed by atoms with Crippen LogP contribution in [0.3, 0.4) is 0 Å². The van der Waals surface area contributed by atoms with Crippen molar-refractivity contribution in [1.82, 2.24) is 14.1 Å². The average Bonchev–Trinajstić information content (AvgIpc) is 3.07. The van der Waals surface area contributed by atoms with Crippen LogP contribution in [0.25, 0.3) is 0 Å². The number of anilines is 1. The summed E-state index contributed by atoms with van der Waals surface area (Å²) in [6.07, 6.45) is 0.282. The summed E-state index contributed by atoms with van der Waals surface area (Å²) in [5.74, 6) is -0.377. The molecule has 14 heteroatoms. The molecule has 3 aliphatic rings. The van der Waals surface area contributed by atoms with E-state index < -0.39 is 45.5 Å². The van der Waals surface area contributed by atoms with Gasteiger partial charge in [-0.05, 0) is 58.4 Å². The number of allylic oxidation sites excluding steroid dienone is 4. The molecule has 0 saturated carbocycles. The number of nitrogens with zero attached hydrogens (tertiary/aromatic N) is 4. The molecule has 0 bridgehead atoms. The van der Waals surface area contributed by atoms with E-state index in [9.17, 15) is 36.3 Å². The van der Waals surface area contributed by atoms with Crippen LogP contribution in [-0.2, 0) is 20.4 Å². The molecule has 3 amide bonds. The van der Waals surface area contributed by atoms with Gasteiger partial charge in [-0.2, -0.15) is 17.5 Å². The van der Waals surface area contributed by atoms with Gasteiger partial charge in [0.05, 0.1) is 10.9 Å². The third-order valence-electron chi connectivity index (χ3n) is 8.10. The molecule has 2 atom stereocenters. The Kier molecular flexibility index (Phi) is 8.44. The zero-order valence-corrected chi connectivity index (χ0v) is 25.7. The van der Waals surface area contributed by atoms with Gasteiger partial charge in [0.2, 0.25) is 10.0 Å². The van der Waals surface area contributed by atoms with E-state index >= 15 is 0 Å². The number of hydrogen-bond donors (Lipinski definition) is 1. The Morgan fingerprint density at radius 1 is 1.12 bits per heavy atom. The number of piperazine rings is 1. The Labute approximate surface area is 249 Å². The summed E-state index contributed by atoms with van der Waals surface area (Å²) in [4.78, 5) is 31.3. The predicted octanol–water partition coefficient (Wildman–Crippen LogP) is 3.94. The summed E-state index contributed by atoms with van der Waals surface area (Å²) < 4.78 is 68.9. The number of thiocarbonyl (C=S) groups is 1. The number of urea groups is 1. The van der Waals surface area contributed by atoms with Crippen molar-refractivity contribution in [2.75, 3.05) is 31.1 Å². The van der Waals surface area contributed by atoms with Crippen molar-refractivity contribution in [2.45, 2.75) is 70.4 Å². The van der Waals surface area contributed by atoms with Gasteiger partial charge in [-0.1, -0.05) is 36.5 Å². The minimum Gasteiger partial charge on any atom is -0.376 e. The van der Waals surface area contributed by atoms with Crippen LogP contribution in [0.5, 0.6) is 0 Å². The van der Waals surface area contributed by atoms with Crippen molar-refractivity contribution >= 4 is 44.7 Å². The third kappa shape index (κ3) is 5.49. The van der Waals surface area contributed by atoms with Crippen LogP contribution in [0.2, 0.25) is 0 Å². The van der Waals surface area contributed by atoms with Crippen LogP contribution < -0.4 is 4.90 Å². The highest BCUT2D eigenvalue weighted by molar-refractivity contribution is 7.96. The summed E-state index contributed by atoms with van der Waals surface area (Å²) in [6, 6.07) is 3.65. The van der Waals surface area contributed by atoms with Crippen LogP contribution in [0.1, 0.15) is 46.6 Å². The lowest BCUT2D eigenvalue weighted by atomic mass is 9.95. The van der Waals surface area contributed by atoms with Crippen molar-refractivity contribution in [3.05, 3.63) is 53.0 Å². The van der Waals surface area contributed by atoms with E-state index in [1.807, 2.05) is 4.90 Å². The molecule has 0 aromatic heterocycles. The molecule has 0 radical (unpaired) electrons. The summed E-state index contributed by atoms with van der Waals surface area (Å²) in [6.45, 7) is 7.49. The first-order valence-corrected chi connectivity index (χ1v) is 15.4. The zero-order chi connectivity index (χ0) is 31.4. The van der Waals surface area contributed by atoms with Crippen molar-refractivity contribution < 1.29 is 36.3 Å². The highest BCUT2D eigenvalue weighted by atomic mass is 32.2. The fourth-order valence-corrected chi connectivity index (χ4v) is 7.48. The first kappa shape index (κ1) is 32.1.